The largest absolute Gasteiger partial charge is 0.330 e. The highest BCUT2D eigenvalue weighted by Crippen LogP contribution is 2.32. The second-order valence-electron chi connectivity index (χ2n) is 4.56. The molecule has 1 nitrogen and oxygen atoms in total. The Labute approximate surface area is 86.8 Å². The van der Waals surface area contributed by atoms with Crippen LogP contribution in [0.4, 0.5) is 0 Å². The Morgan fingerprint density at radius 1 is 1.31 bits per heavy atom. The third-order valence-electron chi connectivity index (χ3n) is 2.98. The molecule has 0 spiro atoms. The summed E-state index contributed by atoms with van der Waals surface area (Å²) in [7, 11) is 0. The highest BCUT2D eigenvalue weighted by Gasteiger charge is 2.18. The molecule has 0 aliphatic heterocycles. The van der Waals surface area contributed by atoms with E-state index in [9.17, 15) is 0 Å². The van der Waals surface area contributed by atoms with E-state index in [2.05, 4.69) is 25.6 Å². The fourth-order valence-electron chi connectivity index (χ4n) is 1.76. The molecule has 1 atom stereocenters. The smallest absolute Gasteiger partial charge is 0.00473 e. The number of thioether (sulfide) groups is 1. The van der Waals surface area contributed by atoms with Crippen molar-refractivity contribution in [2.24, 2.45) is 17.6 Å². The van der Waals surface area contributed by atoms with Crippen molar-refractivity contribution in [1.29, 1.82) is 0 Å². The molecule has 1 fully saturated rings. The van der Waals surface area contributed by atoms with E-state index >= 15 is 0 Å². The van der Waals surface area contributed by atoms with Crippen LogP contribution in [0.5, 0.6) is 0 Å². The van der Waals surface area contributed by atoms with Gasteiger partial charge in [-0.2, -0.15) is 11.8 Å². The summed E-state index contributed by atoms with van der Waals surface area (Å²) < 4.78 is 0. The van der Waals surface area contributed by atoms with E-state index in [4.69, 9.17) is 5.73 Å². The molecule has 2 N–H and O–H groups in total. The van der Waals surface area contributed by atoms with Crippen molar-refractivity contribution in [2.45, 2.75) is 44.8 Å². The molecule has 78 valence electrons. The van der Waals surface area contributed by atoms with Crippen molar-refractivity contribution in [2.75, 3.05) is 12.3 Å². The molecule has 0 amide bonds. The summed E-state index contributed by atoms with van der Waals surface area (Å²) in [6, 6.07) is 0. The average molecular weight is 201 g/mol. The van der Waals surface area contributed by atoms with Gasteiger partial charge in [0.2, 0.25) is 0 Å². The van der Waals surface area contributed by atoms with Gasteiger partial charge in [-0.15, -0.1) is 0 Å². The van der Waals surface area contributed by atoms with Crippen molar-refractivity contribution in [3.05, 3.63) is 0 Å². The molecule has 0 saturated heterocycles. The maximum atomic E-state index is 5.60. The maximum Gasteiger partial charge on any atom is 0.00473 e. The average Bonchev–Trinajstić information content (AvgIpc) is 2.16. The summed E-state index contributed by atoms with van der Waals surface area (Å²) in [4.78, 5) is 0. The van der Waals surface area contributed by atoms with Gasteiger partial charge < -0.3 is 5.73 Å². The number of rotatable bonds is 4. The van der Waals surface area contributed by atoms with Crippen LogP contribution in [0, 0.1) is 11.8 Å². The second kappa shape index (κ2) is 5.92. The second-order valence-corrected chi connectivity index (χ2v) is 5.89. The van der Waals surface area contributed by atoms with Crippen LogP contribution in [0.25, 0.3) is 0 Å². The molecule has 0 heterocycles. The predicted molar refractivity (Wildman–Crippen MR) is 62.1 cm³/mol. The molecule has 0 aromatic rings. The van der Waals surface area contributed by atoms with Crippen LogP contribution in [0.1, 0.15) is 39.5 Å². The van der Waals surface area contributed by atoms with E-state index < -0.39 is 0 Å². The van der Waals surface area contributed by atoms with E-state index in [0.29, 0.717) is 5.92 Å². The monoisotopic (exact) mass is 201 g/mol. The fraction of sp³-hybridized carbons (Fsp3) is 1.00. The first-order valence-corrected chi connectivity index (χ1v) is 6.59. The van der Waals surface area contributed by atoms with Gasteiger partial charge in [0.15, 0.2) is 0 Å². The summed E-state index contributed by atoms with van der Waals surface area (Å²) in [5.74, 6) is 2.93. The van der Waals surface area contributed by atoms with Gasteiger partial charge in [0.05, 0.1) is 0 Å². The van der Waals surface area contributed by atoms with Crippen LogP contribution in [0.15, 0.2) is 0 Å². The van der Waals surface area contributed by atoms with Gasteiger partial charge in [-0.3, -0.25) is 0 Å². The Balaban J connectivity index is 2.08. The third-order valence-corrected chi connectivity index (χ3v) is 4.69. The van der Waals surface area contributed by atoms with Crippen LogP contribution in [-0.2, 0) is 0 Å². The van der Waals surface area contributed by atoms with Crippen molar-refractivity contribution >= 4 is 11.8 Å². The molecule has 0 radical (unpaired) electrons. The molecule has 13 heavy (non-hydrogen) atoms. The Bertz CT molecular complexity index is 130. The predicted octanol–water partition coefficient (Wildman–Crippen LogP) is 2.89. The summed E-state index contributed by atoms with van der Waals surface area (Å²) in [5.41, 5.74) is 5.60. The van der Waals surface area contributed by atoms with Crippen LogP contribution >= 0.6 is 11.8 Å². The molecule has 1 rings (SSSR count). The minimum Gasteiger partial charge on any atom is -0.330 e. The highest BCUT2D eigenvalue weighted by atomic mass is 32.2. The molecule has 0 aromatic carbocycles. The standard InChI is InChI=1S/C11H23NS/c1-9-3-5-11(6-4-9)13-8-10(2)7-12/h9-11H,3-8,12H2,1-2H3. The van der Waals surface area contributed by atoms with Crippen LogP contribution < -0.4 is 5.73 Å². The Morgan fingerprint density at radius 2 is 1.92 bits per heavy atom. The first-order valence-electron chi connectivity index (χ1n) is 5.54. The molecule has 0 bridgehead atoms. The molecule has 1 aliphatic rings. The Morgan fingerprint density at radius 3 is 2.46 bits per heavy atom. The SMILES string of the molecule is CC1CCC(SCC(C)CN)CC1. The lowest BCUT2D eigenvalue weighted by molar-refractivity contribution is 0.393. The maximum absolute atomic E-state index is 5.60. The summed E-state index contributed by atoms with van der Waals surface area (Å²) in [6.07, 6.45) is 5.75. The van der Waals surface area contributed by atoms with E-state index in [0.717, 1.165) is 17.7 Å². The highest BCUT2D eigenvalue weighted by molar-refractivity contribution is 7.99. The lowest BCUT2D eigenvalue weighted by Crippen LogP contribution is -2.18. The fourth-order valence-corrected chi connectivity index (χ4v) is 3.11. The molecular weight excluding hydrogens is 178 g/mol. The number of hydrogen-bond acceptors (Lipinski definition) is 2. The van der Waals surface area contributed by atoms with Crippen LogP contribution in [0.3, 0.4) is 0 Å². The van der Waals surface area contributed by atoms with Gasteiger partial charge in [-0.1, -0.05) is 13.8 Å². The van der Waals surface area contributed by atoms with Gasteiger partial charge in [0, 0.05) is 5.25 Å². The molecule has 0 aromatic heterocycles. The van der Waals surface area contributed by atoms with Gasteiger partial charge in [-0.25, -0.2) is 0 Å². The lowest BCUT2D eigenvalue weighted by Gasteiger charge is -2.26. The molecular formula is C11H23NS. The molecule has 1 unspecified atom stereocenters. The van der Waals surface area contributed by atoms with E-state index in [1.807, 2.05) is 0 Å². The zero-order valence-corrected chi connectivity index (χ0v) is 9.78. The number of nitrogens with two attached hydrogens (primary N) is 1. The van der Waals surface area contributed by atoms with E-state index in [1.165, 1.54) is 31.4 Å². The van der Waals surface area contributed by atoms with Gasteiger partial charge in [0.25, 0.3) is 0 Å². The molecule has 1 saturated carbocycles. The zero-order chi connectivity index (χ0) is 9.68. The van der Waals surface area contributed by atoms with Gasteiger partial charge >= 0.3 is 0 Å². The minimum atomic E-state index is 0.698. The lowest BCUT2D eigenvalue weighted by atomic mass is 9.91. The Kier molecular flexibility index (Phi) is 5.18. The zero-order valence-electron chi connectivity index (χ0n) is 8.96. The molecule has 2 heteroatoms. The van der Waals surface area contributed by atoms with E-state index in [1.54, 1.807) is 0 Å². The first-order chi connectivity index (χ1) is 6.22. The van der Waals surface area contributed by atoms with Crippen molar-refractivity contribution in [1.82, 2.24) is 0 Å². The van der Waals surface area contributed by atoms with Crippen LogP contribution in [-0.4, -0.2) is 17.5 Å². The van der Waals surface area contributed by atoms with Gasteiger partial charge in [0.1, 0.15) is 0 Å². The van der Waals surface area contributed by atoms with Crippen molar-refractivity contribution in [3.8, 4) is 0 Å². The van der Waals surface area contributed by atoms with E-state index in [-0.39, 0.29) is 0 Å². The van der Waals surface area contributed by atoms with Gasteiger partial charge in [-0.05, 0) is 49.8 Å². The minimum absolute atomic E-state index is 0.698. The summed E-state index contributed by atoms with van der Waals surface area (Å²) in [6.45, 7) is 5.47. The van der Waals surface area contributed by atoms with Crippen molar-refractivity contribution < 1.29 is 0 Å². The third kappa shape index (κ3) is 4.37. The Hall–Kier alpha value is 0.310. The quantitative estimate of drug-likeness (QED) is 0.757. The first kappa shape index (κ1) is 11.4. The topological polar surface area (TPSA) is 26.0 Å². The van der Waals surface area contributed by atoms with Crippen LogP contribution in [0.2, 0.25) is 0 Å². The molecule has 1 aliphatic carbocycles. The summed E-state index contributed by atoms with van der Waals surface area (Å²) in [5, 5.41) is 0.935. The number of hydrogen-bond donors (Lipinski definition) is 1. The van der Waals surface area contributed by atoms with Crippen molar-refractivity contribution in [3.63, 3.8) is 0 Å². The normalized spacial score (nSPS) is 31.6. The summed E-state index contributed by atoms with van der Waals surface area (Å²) >= 11 is 2.15.